The van der Waals surface area contributed by atoms with Crippen LogP contribution in [0, 0.1) is 6.58 Å². The number of hydrogen-bond donors (Lipinski definition) is 1. The van der Waals surface area contributed by atoms with Gasteiger partial charge < -0.3 is 5.11 Å². The van der Waals surface area contributed by atoms with Crippen LogP contribution in [0.1, 0.15) is 5.56 Å². The van der Waals surface area contributed by atoms with E-state index in [2.05, 4.69) is 0 Å². The molecule has 0 aliphatic carbocycles. The molecule has 1 N–H and O–H groups in total. The van der Waals surface area contributed by atoms with Crippen LogP contribution in [0.5, 0.6) is 0 Å². The number of carbonyl (C=O) groups is 1. The fraction of sp³-hybridized carbons (Fsp3) is 0.100. The third kappa shape index (κ3) is 2.23. The van der Waals surface area contributed by atoms with Gasteiger partial charge in [0.05, 0.1) is 0 Å². The maximum absolute atomic E-state index is 10.3. The van der Waals surface area contributed by atoms with Gasteiger partial charge in [-0.3, -0.25) is 0 Å². The molecule has 0 heterocycles. The molecular formula is C10H9O2. The summed E-state index contributed by atoms with van der Waals surface area (Å²) in [5.74, 6) is -1.04. The molecule has 0 amide bonds. The van der Waals surface area contributed by atoms with Crippen LogP contribution < -0.4 is 0 Å². The predicted octanol–water partition coefficient (Wildman–Crippen LogP) is 1.67. The smallest absolute Gasteiger partial charge is 0.331 e. The van der Waals surface area contributed by atoms with E-state index in [-0.39, 0.29) is 5.57 Å². The van der Waals surface area contributed by atoms with E-state index in [4.69, 9.17) is 11.7 Å². The van der Waals surface area contributed by atoms with Crippen molar-refractivity contribution >= 4 is 5.97 Å². The maximum Gasteiger partial charge on any atom is 0.331 e. The van der Waals surface area contributed by atoms with Gasteiger partial charge in [0.1, 0.15) is 0 Å². The van der Waals surface area contributed by atoms with E-state index in [1.54, 1.807) is 0 Å². The topological polar surface area (TPSA) is 37.3 Å². The van der Waals surface area contributed by atoms with Gasteiger partial charge in [-0.25, -0.2) is 4.79 Å². The highest BCUT2D eigenvalue weighted by molar-refractivity contribution is 5.85. The number of carboxylic acid groups (broad SMARTS) is 1. The van der Waals surface area contributed by atoms with Crippen molar-refractivity contribution in [2.75, 3.05) is 0 Å². The fourth-order valence-corrected chi connectivity index (χ4v) is 0.891. The number of aliphatic carboxylic acids is 1. The van der Waals surface area contributed by atoms with Crippen LogP contribution in [0.25, 0.3) is 0 Å². The molecule has 0 aliphatic heterocycles. The first-order valence-electron chi connectivity index (χ1n) is 3.58. The SMILES string of the molecule is [CH]=C(Cc1ccccc1)C(=O)O. The zero-order valence-electron chi connectivity index (χ0n) is 6.53. The fourth-order valence-electron chi connectivity index (χ4n) is 0.891. The van der Waals surface area contributed by atoms with Gasteiger partial charge >= 0.3 is 5.97 Å². The molecule has 1 radical (unpaired) electrons. The third-order valence-corrected chi connectivity index (χ3v) is 1.51. The van der Waals surface area contributed by atoms with Gasteiger partial charge in [0, 0.05) is 12.0 Å². The summed E-state index contributed by atoms with van der Waals surface area (Å²) in [6, 6.07) is 9.26. The lowest BCUT2D eigenvalue weighted by Crippen LogP contribution is -2.01. The summed E-state index contributed by atoms with van der Waals surface area (Å²) in [7, 11) is 0. The number of hydrogen-bond acceptors (Lipinski definition) is 1. The van der Waals surface area contributed by atoms with Crippen molar-refractivity contribution in [3.8, 4) is 0 Å². The highest BCUT2D eigenvalue weighted by Crippen LogP contribution is 2.05. The van der Waals surface area contributed by atoms with Crippen LogP contribution in [-0.2, 0) is 11.2 Å². The van der Waals surface area contributed by atoms with Gasteiger partial charge in [-0.1, -0.05) is 36.9 Å². The Labute approximate surface area is 71.2 Å². The van der Waals surface area contributed by atoms with Crippen LogP contribution in [0.3, 0.4) is 0 Å². The molecule has 0 aliphatic rings. The second-order valence-corrected chi connectivity index (χ2v) is 2.49. The normalized spacial score (nSPS) is 9.33. The van der Waals surface area contributed by atoms with Crippen LogP contribution in [0.2, 0.25) is 0 Å². The van der Waals surface area contributed by atoms with Crippen molar-refractivity contribution < 1.29 is 9.90 Å². The average molecular weight is 161 g/mol. The van der Waals surface area contributed by atoms with Crippen molar-refractivity contribution in [2.24, 2.45) is 0 Å². The summed E-state index contributed by atoms with van der Waals surface area (Å²) in [5.41, 5.74) is 0.888. The second-order valence-electron chi connectivity index (χ2n) is 2.49. The zero-order valence-corrected chi connectivity index (χ0v) is 6.53. The number of carboxylic acids is 1. The molecule has 0 spiro atoms. The lowest BCUT2D eigenvalue weighted by atomic mass is 10.1. The van der Waals surface area contributed by atoms with Crippen LogP contribution >= 0.6 is 0 Å². The number of benzene rings is 1. The van der Waals surface area contributed by atoms with E-state index in [0.29, 0.717) is 6.42 Å². The highest BCUT2D eigenvalue weighted by Gasteiger charge is 2.03. The van der Waals surface area contributed by atoms with Crippen molar-refractivity contribution in [3.05, 3.63) is 48.0 Å². The predicted molar refractivity (Wildman–Crippen MR) is 45.6 cm³/mol. The van der Waals surface area contributed by atoms with E-state index < -0.39 is 5.97 Å². The first-order valence-corrected chi connectivity index (χ1v) is 3.58. The van der Waals surface area contributed by atoms with E-state index >= 15 is 0 Å². The Kier molecular flexibility index (Phi) is 2.64. The van der Waals surface area contributed by atoms with E-state index in [1.165, 1.54) is 0 Å². The Morgan fingerprint density at radius 3 is 2.42 bits per heavy atom. The molecule has 1 rings (SSSR count). The summed E-state index contributed by atoms with van der Waals surface area (Å²) in [6.45, 7) is 5.27. The Balaban J connectivity index is 2.65. The lowest BCUT2D eigenvalue weighted by Gasteiger charge is -1.98. The number of rotatable bonds is 3. The van der Waals surface area contributed by atoms with E-state index in [9.17, 15) is 4.79 Å². The summed E-state index contributed by atoms with van der Waals surface area (Å²) < 4.78 is 0. The highest BCUT2D eigenvalue weighted by atomic mass is 16.4. The van der Waals surface area contributed by atoms with Gasteiger partial charge in [0.15, 0.2) is 0 Å². The van der Waals surface area contributed by atoms with Crippen molar-refractivity contribution in [1.29, 1.82) is 0 Å². The van der Waals surface area contributed by atoms with Gasteiger partial charge in [-0.2, -0.15) is 0 Å². The first kappa shape index (κ1) is 8.53. The summed E-state index contributed by atoms with van der Waals surface area (Å²) in [5, 5.41) is 8.48. The molecule has 0 aromatic heterocycles. The standard InChI is InChI=1S/C10H9O2/c1-8(10(11)12)7-9-5-3-2-4-6-9/h1-6H,7H2,(H,11,12). The van der Waals surface area contributed by atoms with Gasteiger partial charge in [-0.05, 0) is 5.56 Å². The minimum atomic E-state index is -1.04. The molecule has 1 aromatic rings. The summed E-state index contributed by atoms with van der Waals surface area (Å²) >= 11 is 0. The van der Waals surface area contributed by atoms with E-state index in [1.807, 2.05) is 30.3 Å². The maximum atomic E-state index is 10.3. The third-order valence-electron chi connectivity index (χ3n) is 1.51. The molecule has 0 saturated heterocycles. The molecule has 0 saturated carbocycles. The minimum Gasteiger partial charge on any atom is -0.478 e. The molecular weight excluding hydrogens is 152 g/mol. The molecule has 0 bridgehead atoms. The van der Waals surface area contributed by atoms with Crippen LogP contribution in [0.15, 0.2) is 35.9 Å². The molecule has 0 unspecified atom stereocenters. The van der Waals surface area contributed by atoms with Crippen molar-refractivity contribution in [1.82, 2.24) is 0 Å². The largest absolute Gasteiger partial charge is 0.478 e. The first-order chi connectivity index (χ1) is 5.70. The van der Waals surface area contributed by atoms with Gasteiger partial charge in [0.2, 0.25) is 0 Å². The molecule has 2 heteroatoms. The Morgan fingerprint density at radius 2 is 1.92 bits per heavy atom. The van der Waals surface area contributed by atoms with Gasteiger partial charge in [-0.15, -0.1) is 0 Å². The van der Waals surface area contributed by atoms with Gasteiger partial charge in [0.25, 0.3) is 0 Å². The van der Waals surface area contributed by atoms with Crippen LogP contribution in [0.4, 0.5) is 0 Å². The second kappa shape index (κ2) is 3.72. The summed E-state index contributed by atoms with van der Waals surface area (Å²) in [6.07, 6.45) is 0.302. The monoisotopic (exact) mass is 161 g/mol. The molecule has 2 nitrogen and oxygen atoms in total. The van der Waals surface area contributed by atoms with Crippen molar-refractivity contribution in [2.45, 2.75) is 6.42 Å². The molecule has 0 atom stereocenters. The minimum absolute atomic E-state index is 0.0267. The Bertz CT molecular complexity index is 288. The van der Waals surface area contributed by atoms with E-state index in [0.717, 1.165) is 5.56 Å². The lowest BCUT2D eigenvalue weighted by molar-refractivity contribution is -0.132. The Hall–Kier alpha value is -1.57. The Morgan fingerprint density at radius 1 is 1.33 bits per heavy atom. The summed E-state index contributed by atoms with van der Waals surface area (Å²) in [4.78, 5) is 10.3. The van der Waals surface area contributed by atoms with Crippen LogP contribution in [-0.4, -0.2) is 11.1 Å². The quantitative estimate of drug-likeness (QED) is 0.685. The molecule has 0 fully saturated rings. The molecule has 1 aromatic carbocycles. The molecule has 12 heavy (non-hydrogen) atoms. The molecule has 61 valence electrons. The van der Waals surface area contributed by atoms with Crippen molar-refractivity contribution in [3.63, 3.8) is 0 Å². The average Bonchev–Trinajstić information content (AvgIpc) is 2.06. The zero-order chi connectivity index (χ0) is 8.97.